The predicted molar refractivity (Wildman–Crippen MR) is 57.0 cm³/mol. The molecule has 0 bridgehead atoms. The summed E-state index contributed by atoms with van der Waals surface area (Å²) >= 11 is 0. The molecule has 0 radical (unpaired) electrons. The fourth-order valence-electron chi connectivity index (χ4n) is 1.10. The van der Waals surface area contributed by atoms with E-state index in [2.05, 4.69) is 11.9 Å². The number of primary amides is 1. The zero-order valence-electron chi connectivity index (χ0n) is 8.19. The van der Waals surface area contributed by atoms with Crippen LogP contribution in [0.1, 0.15) is 15.9 Å². The number of nitrogens with one attached hydrogen (secondary N) is 1. The van der Waals surface area contributed by atoms with E-state index in [-0.39, 0.29) is 5.91 Å². The zero-order valence-corrected chi connectivity index (χ0v) is 8.19. The van der Waals surface area contributed by atoms with Crippen LogP contribution in [0.2, 0.25) is 0 Å². The van der Waals surface area contributed by atoms with E-state index in [9.17, 15) is 9.59 Å². The van der Waals surface area contributed by atoms with Crippen LogP contribution < -0.4 is 11.1 Å². The smallest absolute Gasteiger partial charge is 0.248 e. The van der Waals surface area contributed by atoms with Crippen LogP contribution in [0.4, 0.5) is 0 Å². The summed E-state index contributed by atoms with van der Waals surface area (Å²) in [6.07, 6.45) is 1.19. The van der Waals surface area contributed by atoms with E-state index in [0.29, 0.717) is 12.1 Å². The average Bonchev–Trinajstić information content (AvgIpc) is 2.26. The van der Waals surface area contributed by atoms with Crippen LogP contribution in [-0.2, 0) is 11.3 Å². The van der Waals surface area contributed by atoms with E-state index < -0.39 is 5.91 Å². The van der Waals surface area contributed by atoms with Gasteiger partial charge in [0.05, 0.1) is 0 Å². The summed E-state index contributed by atoms with van der Waals surface area (Å²) in [5, 5.41) is 2.61. The van der Waals surface area contributed by atoms with Gasteiger partial charge in [-0.05, 0) is 23.8 Å². The third-order valence-corrected chi connectivity index (χ3v) is 1.86. The topological polar surface area (TPSA) is 72.2 Å². The maximum absolute atomic E-state index is 10.9. The Hall–Kier alpha value is -2.10. The Balaban J connectivity index is 2.69. The Kier molecular flexibility index (Phi) is 3.62. The van der Waals surface area contributed by atoms with Crippen molar-refractivity contribution in [2.45, 2.75) is 6.54 Å². The number of nitrogens with two attached hydrogens (primary N) is 1. The second-order valence-electron chi connectivity index (χ2n) is 2.99. The van der Waals surface area contributed by atoms with Gasteiger partial charge < -0.3 is 11.1 Å². The predicted octanol–water partition coefficient (Wildman–Crippen LogP) is 0.588. The Morgan fingerprint density at radius 1 is 1.47 bits per heavy atom. The van der Waals surface area contributed by atoms with Crippen molar-refractivity contribution in [3.8, 4) is 0 Å². The second-order valence-corrected chi connectivity index (χ2v) is 2.99. The van der Waals surface area contributed by atoms with Gasteiger partial charge in [0, 0.05) is 12.1 Å². The lowest BCUT2D eigenvalue weighted by molar-refractivity contribution is -0.116. The molecule has 0 saturated heterocycles. The van der Waals surface area contributed by atoms with Gasteiger partial charge in [-0.15, -0.1) is 0 Å². The Labute approximate surface area is 87.8 Å². The second kappa shape index (κ2) is 4.95. The van der Waals surface area contributed by atoms with Crippen LogP contribution in [0.15, 0.2) is 36.9 Å². The highest BCUT2D eigenvalue weighted by atomic mass is 16.1. The van der Waals surface area contributed by atoms with E-state index >= 15 is 0 Å². The largest absolute Gasteiger partial charge is 0.366 e. The molecule has 0 fully saturated rings. The number of hydrogen-bond acceptors (Lipinski definition) is 2. The quantitative estimate of drug-likeness (QED) is 0.704. The molecule has 0 spiro atoms. The van der Waals surface area contributed by atoms with E-state index in [1.165, 1.54) is 6.08 Å². The van der Waals surface area contributed by atoms with E-state index in [1.807, 2.05) is 0 Å². The SMILES string of the molecule is C=CC(=O)NCc1cccc(C(N)=O)c1. The van der Waals surface area contributed by atoms with Crippen LogP contribution in [0.3, 0.4) is 0 Å². The van der Waals surface area contributed by atoms with Crippen molar-refractivity contribution in [1.29, 1.82) is 0 Å². The van der Waals surface area contributed by atoms with Gasteiger partial charge in [-0.1, -0.05) is 18.7 Å². The molecule has 0 unspecified atom stereocenters. The molecule has 0 saturated carbocycles. The number of benzene rings is 1. The molecular weight excluding hydrogens is 192 g/mol. The molecule has 0 aromatic heterocycles. The Morgan fingerprint density at radius 3 is 2.80 bits per heavy atom. The van der Waals surface area contributed by atoms with Crippen molar-refractivity contribution in [3.63, 3.8) is 0 Å². The minimum absolute atomic E-state index is 0.250. The number of carbonyl (C=O) groups is 2. The number of hydrogen-bond donors (Lipinski definition) is 2. The monoisotopic (exact) mass is 204 g/mol. The maximum atomic E-state index is 10.9. The molecule has 0 heterocycles. The normalized spacial score (nSPS) is 9.33. The fourth-order valence-corrected chi connectivity index (χ4v) is 1.10. The van der Waals surface area contributed by atoms with Crippen LogP contribution >= 0.6 is 0 Å². The van der Waals surface area contributed by atoms with Crippen LogP contribution in [0.5, 0.6) is 0 Å². The molecule has 1 aromatic carbocycles. The van der Waals surface area contributed by atoms with Gasteiger partial charge in [-0.25, -0.2) is 0 Å². The van der Waals surface area contributed by atoms with Crippen molar-refractivity contribution < 1.29 is 9.59 Å². The maximum Gasteiger partial charge on any atom is 0.248 e. The van der Waals surface area contributed by atoms with Gasteiger partial charge >= 0.3 is 0 Å². The molecule has 78 valence electrons. The molecule has 2 amide bonds. The van der Waals surface area contributed by atoms with E-state index in [0.717, 1.165) is 5.56 Å². The van der Waals surface area contributed by atoms with Gasteiger partial charge in [-0.3, -0.25) is 9.59 Å². The molecule has 0 atom stereocenters. The minimum Gasteiger partial charge on any atom is -0.366 e. The van der Waals surface area contributed by atoms with Crippen LogP contribution in [-0.4, -0.2) is 11.8 Å². The first-order valence-electron chi connectivity index (χ1n) is 4.42. The number of amides is 2. The van der Waals surface area contributed by atoms with Gasteiger partial charge in [0.1, 0.15) is 0 Å². The zero-order chi connectivity index (χ0) is 11.3. The van der Waals surface area contributed by atoms with Crippen molar-refractivity contribution >= 4 is 11.8 Å². The summed E-state index contributed by atoms with van der Waals surface area (Å²) in [6, 6.07) is 6.79. The average molecular weight is 204 g/mol. The highest BCUT2D eigenvalue weighted by molar-refractivity contribution is 5.93. The lowest BCUT2D eigenvalue weighted by atomic mass is 10.1. The van der Waals surface area contributed by atoms with Gasteiger partial charge in [0.25, 0.3) is 0 Å². The van der Waals surface area contributed by atoms with Crippen molar-refractivity contribution in [3.05, 3.63) is 48.0 Å². The van der Waals surface area contributed by atoms with Crippen molar-refractivity contribution in [2.75, 3.05) is 0 Å². The highest BCUT2D eigenvalue weighted by Crippen LogP contribution is 2.04. The van der Waals surface area contributed by atoms with Gasteiger partial charge in [0.15, 0.2) is 0 Å². The lowest BCUT2D eigenvalue weighted by Gasteiger charge is -2.03. The van der Waals surface area contributed by atoms with Crippen LogP contribution in [0, 0.1) is 0 Å². The standard InChI is InChI=1S/C11H12N2O2/c1-2-10(14)13-7-8-4-3-5-9(6-8)11(12)15/h2-6H,1,7H2,(H2,12,15)(H,13,14). The molecule has 4 heteroatoms. The summed E-state index contributed by atoms with van der Waals surface area (Å²) in [6.45, 7) is 3.69. The molecule has 0 aliphatic rings. The van der Waals surface area contributed by atoms with Crippen molar-refractivity contribution in [1.82, 2.24) is 5.32 Å². The fraction of sp³-hybridized carbons (Fsp3) is 0.0909. The molecule has 4 nitrogen and oxygen atoms in total. The molecule has 1 rings (SSSR count). The van der Waals surface area contributed by atoms with Gasteiger partial charge in [-0.2, -0.15) is 0 Å². The summed E-state index contributed by atoms with van der Waals surface area (Å²) in [7, 11) is 0. The summed E-state index contributed by atoms with van der Waals surface area (Å²) < 4.78 is 0. The Morgan fingerprint density at radius 2 is 2.20 bits per heavy atom. The molecule has 1 aromatic rings. The number of carbonyl (C=O) groups excluding carboxylic acids is 2. The third kappa shape index (κ3) is 3.27. The first-order valence-corrected chi connectivity index (χ1v) is 4.42. The van der Waals surface area contributed by atoms with Gasteiger partial charge in [0.2, 0.25) is 11.8 Å². The lowest BCUT2D eigenvalue weighted by Crippen LogP contribution is -2.20. The summed E-state index contributed by atoms with van der Waals surface area (Å²) in [5.74, 6) is -0.730. The molecule has 0 aliphatic carbocycles. The minimum atomic E-state index is -0.480. The number of rotatable bonds is 4. The molecule has 3 N–H and O–H groups in total. The molecular formula is C11H12N2O2. The first-order chi connectivity index (χ1) is 7.13. The van der Waals surface area contributed by atoms with Crippen molar-refractivity contribution in [2.24, 2.45) is 5.73 Å². The summed E-state index contributed by atoms with van der Waals surface area (Å²) in [5.41, 5.74) is 6.37. The van der Waals surface area contributed by atoms with Crippen LogP contribution in [0.25, 0.3) is 0 Å². The first kappa shape index (κ1) is 11.0. The molecule has 15 heavy (non-hydrogen) atoms. The van der Waals surface area contributed by atoms with E-state index in [1.54, 1.807) is 24.3 Å². The molecule has 0 aliphatic heterocycles. The summed E-state index contributed by atoms with van der Waals surface area (Å²) in [4.78, 5) is 21.7. The Bertz CT molecular complexity index is 399. The van der Waals surface area contributed by atoms with E-state index in [4.69, 9.17) is 5.73 Å². The highest BCUT2D eigenvalue weighted by Gasteiger charge is 2.01. The third-order valence-electron chi connectivity index (χ3n) is 1.86.